The van der Waals surface area contributed by atoms with Gasteiger partial charge in [-0.1, -0.05) is 77.8 Å². The second-order valence-electron chi connectivity index (χ2n) is 6.25. The van der Waals surface area contributed by atoms with Crippen LogP contribution in [0.1, 0.15) is 21.5 Å². The van der Waals surface area contributed by atoms with E-state index in [1.807, 2.05) is 85.8 Å². The lowest BCUT2D eigenvalue weighted by atomic mass is 9.96. The molecule has 2 nitrogen and oxygen atoms in total. The number of nitrogens with zero attached hydrogens (tertiary/aromatic N) is 1. The average molecular weight is 358 g/mol. The SMILES string of the molecule is Cc1ccc(C(=O)c2cc3ccccc3nc2-c2ccccc2Cl)cc1. The maximum Gasteiger partial charge on any atom is 0.195 e. The highest BCUT2D eigenvalue weighted by atomic mass is 35.5. The van der Waals surface area contributed by atoms with E-state index in [0.29, 0.717) is 21.8 Å². The topological polar surface area (TPSA) is 30.0 Å². The maximum absolute atomic E-state index is 13.2. The molecule has 1 heterocycles. The van der Waals surface area contributed by atoms with Gasteiger partial charge in [-0.25, -0.2) is 4.98 Å². The molecule has 0 aliphatic rings. The molecule has 3 aromatic carbocycles. The normalized spacial score (nSPS) is 10.8. The molecule has 0 spiro atoms. The third-order valence-electron chi connectivity index (χ3n) is 4.41. The fraction of sp³-hybridized carbons (Fsp3) is 0.0435. The molecule has 0 bridgehead atoms. The number of hydrogen-bond acceptors (Lipinski definition) is 2. The van der Waals surface area contributed by atoms with Crippen molar-refractivity contribution in [2.24, 2.45) is 0 Å². The van der Waals surface area contributed by atoms with Crippen LogP contribution in [-0.2, 0) is 0 Å². The first-order valence-corrected chi connectivity index (χ1v) is 8.77. The third-order valence-corrected chi connectivity index (χ3v) is 4.74. The van der Waals surface area contributed by atoms with E-state index >= 15 is 0 Å². The van der Waals surface area contributed by atoms with Crippen molar-refractivity contribution in [3.8, 4) is 11.3 Å². The number of rotatable bonds is 3. The van der Waals surface area contributed by atoms with Crippen LogP contribution in [0.5, 0.6) is 0 Å². The van der Waals surface area contributed by atoms with Crippen LogP contribution in [0.2, 0.25) is 5.02 Å². The summed E-state index contributed by atoms with van der Waals surface area (Å²) in [5.41, 5.74) is 4.52. The zero-order valence-electron chi connectivity index (χ0n) is 14.2. The van der Waals surface area contributed by atoms with Crippen LogP contribution in [0.4, 0.5) is 0 Å². The Balaban J connectivity index is 1.97. The summed E-state index contributed by atoms with van der Waals surface area (Å²) in [6, 6.07) is 24.8. The fourth-order valence-electron chi connectivity index (χ4n) is 3.01. The van der Waals surface area contributed by atoms with Crippen molar-refractivity contribution in [3.63, 3.8) is 0 Å². The Labute approximate surface area is 157 Å². The lowest BCUT2D eigenvalue weighted by Crippen LogP contribution is -2.06. The van der Waals surface area contributed by atoms with Crippen molar-refractivity contribution in [2.45, 2.75) is 6.92 Å². The third kappa shape index (κ3) is 3.00. The molecule has 0 radical (unpaired) electrons. The lowest BCUT2D eigenvalue weighted by Gasteiger charge is -2.12. The minimum atomic E-state index is -0.0572. The summed E-state index contributed by atoms with van der Waals surface area (Å²) >= 11 is 6.40. The lowest BCUT2D eigenvalue weighted by molar-refractivity contribution is 0.103. The summed E-state index contributed by atoms with van der Waals surface area (Å²) in [6.07, 6.45) is 0. The smallest absolute Gasteiger partial charge is 0.195 e. The molecule has 0 amide bonds. The molecule has 4 rings (SSSR count). The molecule has 126 valence electrons. The van der Waals surface area contributed by atoms with E-state index in [9.17, 15) is 4.79 Å². The van der Waals surface area contributed by atoms with Crippen LogP contribution < -0.4 is 0 Å². The van der Waals surface area contributed by atoms with Crippen molar-refractivity contribution in [1.29, 1.82) is 0 Å². The summed E-state index contributed by atoms with van der Waals surface area (Å²) in [5, 5.41) is 1.51. The van der Waals surface area contributed by atoms with Gasteiger partial charge in [-0.15, -0.1) is 0 Å². The number of aromatic nitrogens is 1. The Morgan fingerprint density at radius 3 is 2.35 bits per heavy atom. The van der Waals surface area contributed by atoms with Crippen LogP contribution in [0.25, 0.3) is 22.2 Å². The standard InChI is InChI=1S/C23H16ClNO/c1-15-10-12-16(13-11-15)23(26)19-14-17-6-2-5-9-21(17)25-22(19)18-7-3-4-8-20(18)24/h2-14H,1H3. The highest BCUT2D eigenvalue weighted by Gasteiger charge is 2.19. The van der Waals surface area contributed by atoms with Gasteiger partial charge in [-0.2, -0.15) is 0 Å². The number of benzene rings is 3. The molecule has 0 fully saturated rings. The summed E-state index contributed by atoms with van der Waals surface area (Å²) in [6.45, 7) is 2.00. The highest BCUT2D eigenvalue weighted by molar-refractivity contribution is 6.33. The minimum Gasteiger partial charge on any atom is -0.289 e. The number of carbonyl (C=O) groups is 1. The van der Waals surface area contributed by atoms with Gasteiger partial charge in [-0.05, 0) is 25.1 Å². The van der Waals surface area contributed by atoms with Crippen molar-refractivity contribution in [1.82, 2.24) is 4.98 Å². The first-order chi connectivity index (χ1) is 12.6. The molecule has 0 aliphatic carbocycles. The van der Waals surface area contributed by atoms with Gasteiger partial charge in [0.25, 0.3) is 0 Å². The summed E-state index contributed by atoms with van der Waals surface area (Å²) in [4.78, 5) is 18.0. The molecule has 4 aromatic rings. The van der Waals surface area contributed by atoms with Crippen molar-refractivity contribution < 1.29 is 4.79 Å². The number of aryl methyl sites for hydroxylation is 1. The summed E-state index contributed by atoms with van der Waals surface area (Å²) in [7, 11) is 0. The van der Waals surface area contributed by atoms with Crippen LogP contribution in [0.3, 0.4) is 0 Å². The van der Waals surface area contributed by atoms with Gasteiger partial charge < -0.3 is 0 Å². The van der Waals surface area contributed by atoms with E-state index in [4.69, 9.17) is 16.6 Å². The number of carbonyl (C=O) groups excluding carboxylic acids is 1. The zero-order chi connectivity index (χ0) is 18.1. The first kappa shape index (κ1) is 16.5. The predicted molar refractivity (Wildman–Crippen MR) is 107 cm³/mol. The van der Waals surface area contributed by atoms with Gasteiger partial charge in [0.1, 0.15) is 0 Å². The second-order valence-corrected chi connectivity index (χ2v) is 6.66. The molecule has 26 heavy (non-hydrogen) atoms. The molecule has 1 aromatic heterocycles. The molecule has 3 heteroatoms. The summed E-state index contributed by atoms with van der Waals surface area (Å²) in [5.74, 6) is -0.0572. The molecular formula is C23H16ClNO. The van der Waals surface area contributed by atoms with Crippen molar-refractivity contribution >= 4 is 28.3 Å². The van der Waals surface area contributed by atoms with E-state index in [0.717, 1.165) is 22.0 Å². The quantitative estimate of drug-likeness (QED) is 0.415. The average Bonchev–Trinajstić information content (AvgIpc) is 2.67. The maximum atomic E-state index is 13.2. The number of hydrogen-bond donors (Lipinski definition) is 0. The molecule has 0 saturated heterocycles. The Morgan fingerprint density at radius 1 is 0.885 bits per heavy atom. The molecule has 0 aliphatic heterocycles. The number of halogens is 1. The predicted octanol–water partition coefficient (Wildman–Crippen LogP) is 6.09. The molecule has 0 saturated carbocycles. The number of ketones is 1. The number of pyridine rings is 1. The van der Waals surface area contributed by atoms with Gasteiger partial charge in [0.2, 0.25) is 0 Å². The van der Waals surface area contributed by atoms with E-state index in [1.165, 1.54) is 0 Å². The largest absolute Gasteiger partial charge is 0.289 e. The number of para-hydroxylation sites is 1. The molecule has 0 unspecified atom stereocenters. The highest BCUT2D eigenvalue weighted by Crippen LogP contribution is 2.32. The Hall–Kier alpha value is -2.97. The van der Waals surface area contributed by atoms with Crippen molar-refractivity contribution in [2.75, 3.05) is 0 Å². The Bertz CT molecular complexity index is 1120. The van der Waals surface area contributed by atoms with Crippen LogP contribution in [0.15, 0.2) is 78.9 Å². The monoisotopic (exact) mass is 357 g/mol. The Kier molecular flexibility index (Phi) is 4.27. The van der Waals surface area contributed by atoms with Crippen LogP contribution in [-0.4, -0.2) is 10.8 Å². The van der Waals surface area contributed by atoms with Gasteiger partial charge >= 0.3 is 0 Å². The van der Waals surface area contributed by atoms with E-state index in [-0.39, 0.29) is 5.78 Å². The van der Waals surface area contributed by atoms with E-state index in [1.54, 1.807) is 0 Å². The van der Waals surface area contributed by atoms with Gasteiger partial charge in [0, 0.05) is 27.1 Å². The molecule has 0 N–H and O–H groups in total. The number of fused-ring (bicyclic) bond motifs is 1. The van der Waals surface area contributed by atoms with E-state index in [2.05, 4.69) is 0 Å². The second kappa shape index (κ2) is 6.74. The molecule has 0 atom stereocenters. The van der Waals surface area contributed by atoms with Crippen molar-refractivity contribution in [3.05, 3.63) is 101 Å². The molecular weight excluding hydrogens is 342 g/mol. The Morgan fingerprint density at radius 2 is 1.58 bits per heavy atom. The summed E-state index contributed by atoms with van der Waals surface area (Å²) < 4.78 is 0. The van der Waals surface area contributed by atoms with Gasteiger partial charge in [0.05, 0.1) is 11.2 Å². The minimum absolute atomic E-state index is 0.0572. The van der Waals surface area contributed by atoms with E-state index < -0.39 is 0 Å². The van der Waals surface area contributed by atoms with Crippen LogP contribution >= 0.6 is 11.6 Å². The fourth-order valence-corrected chi connectivity index (χ4v) is 3.23. The van der Waals surface area contributed by atoms with Crippen LogP contribution in [0, 0.1) is 6.92 Å². The zero-order valence-corrected chi connectivity index (χ0v) is 15.0. The van der Waals surface area contributed by atoms with Gasteiger partial charge in [0.15, 0.2) is 5.78 Å². The first-order valence-electron chi connectivity index (χ1n) is 8.39. The van der Waals surface area contributed by atoms with Gasteiger partial charge in [-0.3, -0.25) is 4.79 Å².